The molecule has 0 spiro atoms. The van der Waals surface area contributed by atoms with Crippen LogP contribution in [0.5, 0.6) is 0 Å². The van der Waals surface area contributed by atoms with Crippen molar-refractivity contribution in [3.63, 3.8) is 0 Å². The number of halogens is 2. The van der Waals surface area contributed by atoms with Gasteiger partial charge in [0.1, 0.15) is 17.5 Å². The minimum Gasteiger partial charge on any atom is -0.362 e. The maximum absolute atomic E-state index is 13.5. The standard InChI is InChI=1S/C31H27Cl2N9O3/c1-38(2)26-21-11-9-17(32)13-23(21)41(30(44)36-26)20-8-6-7-19(15-20)35-29(43)28-34-16-25(40(28)5)42-24-14-18(33)10-12-22(24)27(39(3)4)37-31(42)45/h6-16H,1-5H3,(H,35,43). The summed E-state index contributed by atoms with van der Waals surface area (Å²) in [6.45, 7) is 0. The van der Waals surface area contributed by atoms with Crippen molar-refractivity contribution in [3.05, 3.63) is 104 Å². The number of aromatic nitrogens is 6. The number of rotatable bonds is 6. The van der Waals surface area contributed by atoms with Gasteiger partial charge in [0.15, 0.2) is 0 Å². The smallest absolute Gasteiger partial charge is 0.355 e. The van der Waals surface area contributed by atoms with Gasteiger partial charge in [-0.3, -0.25) is 9.36 Å². The summed E-state index contributed by atoms with van der Waals surface area (Å²) in [6.07, 6.45) is 1.43. The minimum absolute atomic E-state index is 0.0422. The van der Waals surface area contributed by atoms with Crippen LogP contribution in [0.25, 0.3) is 33.3 Å². The molecule has 0 fully saturated rings. The van der Waals surface area contributed by atoms with Gasteiger partial charge in [0, 0.05) is 61.7 Å². The molecule has 0 unspecified atom stereocenters. The van der Waals surface area contributed by atoms with E-state index in [0.717, 1.165) is 5.39 Å². The van der Waals surface area contributed by atoms with E-state index in [-0.39, 0.29) is 5.82 Å². The number of hydrogen-bond donors (Lipinski definition) is 1. The van der Waals surface area contributed by atoms with Gasteiger partial charge in [0.25, 0.3) is 5.91 Å². The lowest BCUT2D eigenvalue weighted by Gasteiger charge is -2.18. The van der Waals surface area contributed by atoms with Gasteiger partial charge in [0.2, 0.25) is 5.82 Å². The fourth-order valence-electron chi connectivity index (χ4n) is 5.25. The van der Waals surface area contributed by atoms with Crippen molar-refractivity contribution in [1.82, 2.24) is 28.7 Å². The molecule has 1 N–H and O–H groups in total. The van der Waals surface area contributed by atoms with Crippen LogP contribution in [0.4, 0.5) is 17.3 Å². The molecular formula is C31H27Cl2N9O3. The van der Waals surface area contributed by atoms with Crippen LogP contribution in [0.2, 0.25) is 10.0 Å². The first-order valence-corrected chi connectivity index (χ1v) is 14.4. The second-order valence-electron chi connectivity index (χ2n) is 10.7. The zero-order valence-electron chi connectivity index (χ0n) is 24.9. The lowest BCUT2D eigenvalue weighted by molar-refractivity contribution is 0.101. The highest BCUT2D eigenvalue weighted by Crippen LogP contribution is 2.29. The summed E-state index contributed by atoms with van der Waals surface area (Å²) < 4.78 is 4.31. The fraction of sp³-hybridized carbons (Fsp3) is 0.161. The SMILES string of the molecule is CN(C)c1nc(=O)n(-c2cccc(NC(=O)c3ncc(-n4c(=O)nc(N(C)C)c5ccc(Cl)cc54)n3C)c2)c2cc(Cl)ccc12. The van der Waals surface area contributed by atoms with Crippen LogP contribution in [0.1, 0.15) is 10.6 Å². The largest absolute Gasteiger partial charge is 0.362 e. The predicted molar refractivity (Wildman–Crippen MR) is 178 cm³/mol. The summed E-state index contributed by atoms with van der Waals surface area (Å²) in [5.74, 6) is 0.837. The van der Waals surface area contributed by atoms with E-state index in [4.69, 9.17) is 23.2 Å². The molecule has 6 rings (SSSR count). The zero-order valence-corrected chi connectivity index (χ0v) is 26.4. The third-order valence-corrected chi connectivity index (χ3v) is 7.74. The van der Waals surface area contributed by atoms with E-state index in [0.29, 0.717) is 55.3 Å². The lowest BCUT2D eigenvalue weighted by Crippen LogP contribution is -2.27. The first-order chi connectivity index (χ1) is 21.4. The van der Waals surface area contributed by atoms with E-state index in [2.05, 4.69) is 20.3 Å². The monoisotopic (exact) mass is 643 g/mol. The highest BCUT2D eigenvalue weighted by atomic mass is 35.5. The van der Waals surface area contributed by atoms with Crippen molar-refractivity contribution in [1.29, 1.82) is 0 Å². The molecule has 3 heterocycles. The number of nitrogens with one attached hydrogen (secondary N) is 1. The van der Waals surface area contributed by atoms with Gasteiger partial charge in [-0.15, -0.1) is 0 Å². The molecule has 0 bridgehead atoms. The van der Waals surface area contributed by atoms with Gasteiger partial charge in [-0.2, -0.15) is 9.97 Å². The molecule has 0 radical (unpaired) electrons. The quantitative estimate of drug-likeness (QED) is 0.281. The number of benzene rings is 3. The molecule has 0 saturated carbocycles. The molecule has 3 aromatic heterocycles. The van der Waals surface area contributed by atoms with Gasteiger partial charge in [-0.25, -0.2) is 19.1 Å². The van der Waals surface area contributed by atoms with E-state index in [1.807, 2.05) is 20.2 Å². The van der Waals surface area contributed by atoms with Crippen molar-refractivity contribution in [2.75, 3.05) is 43.3 Å². The normalized spacial score (nSPS) is 11.3. The molecular weight excluding hydrogens is 617 g/mol. The number of hydrogen-bond acceptors (Lipinski definition) is 8. The molecule has 0 aliphatic rings. The van der Waals surface area contributed by atoms with Crippen LogP contribution in [0, 0.1) is 0 Å². The Bertz CT molecular complexity index is 2270. The third kappa shape index (κ3) is 5.28. The van der Waals surface area contributed by atoms with Crippen molar-refractivity contribution in [3.8, 4) is 11.5 Å². The summed E-state index contributed by atoms with van der Waals surface area (Å²) in [7, 11) is 8.84. The summed E-state index contributed by atoms with van der Waals surface area (Å²) in [6, 6.07) is 17.2. The van der Waals surface area contributed by atoms with E-state index in [1.54, 1.807) is 85.5 Å². The third-order valence-electron chi connectivity index (χ3n) is 7.27. The lowest BCUT2D eigenvalue weighted by atomic mass is 10.2. The van der Waals surface area contributed by atoms with Crippen LogP contribution in [0.3, 0.4) is 0 Å². The van der Waals surface area contributed by atoms with Crippen LogP contribution < -0.4 is 26.5 Å². The second-order valence-corrected chi connectivity index (χ2v) is 11.6. The summed E-state index contributed by atoms with van der Waals surface area (Å²) in [4.78, 5) is 56.4. The average molecular weight is 645 g/mol. The summed E-state index contributed by atoms with van der Waals surface area (Å²) >= 11 is 12.6. The van der Waals surface area contributed by atoms with Gasteiger partial charge in [-0.05, 0) is 54.6 Å². The van der Waals surface area contributed by atoms with Crippen molar-refractivity contribution >= 4 is 68.2 Å². The Morgan fingerprint density at radius 1 is 0.778 bits per heavy atom. The Hall–Kier alpha value is -5.20. The predicted octanol–water partition coefficient (Wildman–Crippen LogP) is 4.51. The highest BCUT2D eigenvalue weighted by molar-refractivity contribution is 6.31. The molecule has 45 heavy (non-hydrogen) atoms. The number of amides is 1. The molecule has 0 atom stereocenters. The van der Waals surface area contributed by atoms with Crippen LogP contribution >= 0.6 is 23.2 Å². The van der Waals surface area contributed by atoms with Crippen molar-refractivity contribution < 1.29 is 4.79 Å². The van der Waals surface area contributed by atoms with Gasteiger partial charge < -0.3 is 19.7 Å². The van der Waals surface area contributed by atoms with E-state index in [1.165, 1.54) is 19.9 Å². The molecule has 0 saturated heterocycles. The zero-order chi connectivity index (χ0) is 32.2. The average Bonchev–Trinajstić information content (AvgIpc) is 3.36. The molecule has 0 aliphatic carbocycles. The minimum atomic E-state index is -0.553. The molecule has 1 amide bonds. The van der Waals surface area contributed by atoms with Crippen molar-refractivity contribution in [2.24, 2.45) is 7.05 Å². The number of fused-ring (bicyclic) bond motifs is 2. The first-order valence-electron chi connectivity index (χ1n) is 13.7. The van der Waals surface area contributed by atoms with Gasteiger partial charge in [-0.1, -0.05) is 29.3 Å². The maximum atomic E-state index is 13.5. The molecule has 228 valence electrons. The number of carbonyl (C=O) groups excluding carboxylic acids is 1. The highest BCUT2D eigenvalue weighted by Gasteiger charge is 2.21. The topological polar surface area (TPSA) is 123 Å². The maximum Gasteiger partial charge on any atom is 0.355 e. The Kier molecular flexibility index (Phi) is 7.55. The molecule has 0 aliphatic heterocycles. The van der Waals surface area contributed by atoms with E-state index >= 15 is 0 Å². The summed E-state index contributed by atoms with van der Waals surface area (Å²) in [5, 5.41) is 5.17. The number of imidazole rings is 1. The van der Waals surface area contributed by atoms with Crippen LogP contribution in [-0.2, 0) is 7.05 Å². The van der Waals surface area contributed by atoms with Crippen LogP contribution in [-0.4, -0.2) is 62.8 Å². The molecule has 3 aromatic carbocycles. The van der Waals surface area contributed by atoms with E-state index in [9.17, 15) is 14.4 Å². The second kappa shape index (κ2) is 11.4. The summed E-state index contributed by atoms with van der Waals surface area (Å²) in [5.41, 5.74) is 0.910. The van der Waals surface area contributed by atoms with Crippen molar-refractivity contribution in [2.45, 2.75) is 0 Å². The van der Waals surface area contributed by atoms with Gasteiger partial charge in [0.05, 0.1) is 22.9 Å². The van der Waals surface area contributed by atoms with Crippen LogP contribution in [0.15, 0.2) is 76.4 Å². The molecule has 12 nitrogen and oxygen atoms in total. The number of carbonyl (C=O) groups is 1. The Balaban J connectivity index is 1.38. The number of nitrogens with zero attached hydrogens (tertiary/aromatic N) is 8. The van der Waals surface area contributed by atoms with Gasteiger partial charge >= 0.3 is 11.4 Å². The number of anilines is 3. The Morgan fingerprint density at radius 2 is 1.33 bits per heavy atom. The Morgan fingerprint density at radius 3 is 1.91 bits per heavy atom. The first kappa shape index (κ1) is 29.9. The Labute approximate surface area is 266 Å². The molecule has 6 aromatic rings. The fourth-order valence-corrected chi connectivity index (χ4v) is 5.58. The molecule has 14 heteroatoms. The van der Waals surface area contributed by atoms with E-state index < -0.39 is 17.3 Å².